The van der Waals surface area contributed by atoms with E-state index in [1.54, 1.807) is 6.92 Å². The molecule has 0 saturated heterocycles. The summed E-state index contributed by atoms with van der Waals surface area (Å²) in [5.74, 6) is 1.59. The fourth-order valence-electron chi connectivity index (χ4n) is 1.12. The minimum absolute atomic E-state index is 0.254. The minimum atomic E-state index is -0.254. The molecule has 0 aliphatic heterocycles. The maximum atomic E-state index is 9.02. The Morgan fingerprint density at radius 1 is 1.50 bits per heavy atom. The van der Waals surface area contributed by atoms with Gasteiger partial charge in [0.1, 0.15) is 5.76 Å². The highest BCUT2D eigenvalue weighted by Gasteiger charge is 2.04. The molecule has 2 N–H and O–H groups in total. The van der Waals surface area contributed by atoms with Gasteiger partial charge in [0.25, 0.3) is 0 Å². The topological polar surface area (TPSA) is 58.3 Å². The molecule has 0 aliphatic rings. The van der Waals surface area contributed by atoms with E-state index >= 15 is 0 Å². The van der Waals surface area contributed by atoms with Gasteiger partial charge in [-0.3, -0.25) is 0 Å². The van der Waals surface area contributed by atoms with Crippen LogP contribution in [0.2, 0.25) is 0 Å². The number of aliphatic hydroxyl groups is 1. The Morgan fingerprint density at radius 2 is 2.21 bits per heavy atom. The zero-order valence-corrected chi connectivity index (χ0v) is 9.00. The first-order chi connectivity index (χ1) is 6.59. The first-order valence-electron chi connectivity index (χ1n) is 4.91. The lowest BCUT2D eigenvalue weighted by atomic mass is 10.3. The van der Waals surface area contributed by atoms with Crippen LogP contribution in [0.25, 0.3) is 0 Å². The van der Waals surface area contributed by atoms with E-state index in [4.69, 9.17) is 9.52 Å². The number of nitrogens with zero attached hydrogens (tertiary/aromatic N) is 1. The van der Waals surface area contributed by atoms with Crippen LogP contribution in [0.4, 0.5) is 0 Å². The second-order valence-corrected chi connectivity index (χ2v) is 3.56. The van der Waals surface area contributed by atoms with Gasteiger partial charge in [0.15, 0.2) is 0 Å². The number of aliphatic hydroxyl groups excluding tert-OH is 1. The summed E-state index contributed by atoms with van der Waals surface area (Å²) in [6.45, 7) is 7.01. The van der Waals surface area contributed by atoms with E-state index in [-0.39, 0.29) is 6.10 Å². The van der Waals surface area contributed by atoms with Crippen molar-refractivity contribution in [3.8, 4) is 0 Å². The van der Waals surface area contributed by atoms with Gasteiger partial charge in [0.2, 0.25) is 5.89 Å². The van der Waals surface area contributed by atoms with Crippen LogP contribution in [0.1, 0.15) is 30.7 Å². The van der Waals surface area contributed by atoms with E-state index in [0.29, 0.717) is 12.4 Å². The van der Waals surface area contributed by atoms with Crippen LogP contribution in [0.5, 0.6) is 0 Å². The SMILES string of the molecule is Cc1nc(CNCCC(C)O)oc1C. The third-order valence-corrected chi connectivity index (χ3v) is 2.09. The average molecular weight is 198 g/mol. The minimum Gasteiger partial charge on any atom is -0.444 e. The van der Waals surface area contributed by atoms with Crippen molar-refractivity contribution in [1.82, 2.24) is 10.3 Å². The zero-order valence-electron chi connectivity index (χ0n) is 9.00. The maximum Gasteiger partial charge on any atom is 0.208 e. The lowest BCUT2D eigenvalue weighted by Gasteiger charge is -2.03. The van der Waals surface area contributed by atoms with E-state index < -0.39 is 0 Å². The molecule has 1 aromatic rings. The Labute approximate surface area is 84.3 Å². The van der Waals surface area contributed by atoms with Crippen molar-refractivity contribution in [2.45, 2.75) is 39.8 Å². The molecule has 0 aliphatic carbocycles. The first-order valence-corrected chi connectivity index (χ1v) is 4.91. The fraction of sp³-hybridized carbons (Fsp3) is 0.700. The lowest BCUT2D eigenvalue weighted by Crippen LogP contribution is -2.18. The van der Waals surface area contributed by atoms with Gasteiger partial charge in [-0.1, -0.05) is 0 Å². The monoisotopic (exact) mass is 198 g/mol. The molecule has 4 heteroatoms. The number of rotatable bonds is 5. The lowest BCUT2D eigenvalue weighted by molar-refractivity contribution is 0.183. The van der Waals surface area contributed by atoms with E-state index in [0.717, 1.165) is 24.4 Å². The summed E-state index contributed by atoms with van der Waals surface area (Å²) in [6, 6.07) is 0. The second-order valence-electron chi connectivity index (χ2n) is 3.56. The molecule has 14 heavy (non-hydrogen) atoms. The van der Waals surface area contributed by atoms with E-state index in [1.807, 2.05) is 13.8 Å². The predicted octanol–water partition coefficient (Wildman–Crippen LogP) is 1.15. The molecule has 1 aromatic heterocycles. The summed E-state index contributed by atoms with van der Waals surface area (Å²) in [7, 11) is 0. The van der Waals surface area contributed by atoms with Gasteiger partial charge < -0.3 is 14.8 Å². The molecule has 1 atom stereocenters. The molecule has 0 amide bonds. The molecule has 0 spiro atoms. The highest BCUT2D eigenvalue weighted by molar-refractivity contribution is 5.04. The molecule has 1 unspecified atom stereocenters. The summed E-state index contributed by atoms with van der Waals surface area (Å²) in [5.41, 5.74) is 0.942. The molecule has 0 aromatic carbocycles. The summed E-state index contributed by atoms with van der Waals surface area (Å²) < 4.78 is 5.39. The molecule has 1 rings (SSSR count). The Hall–Kier alpha value is -0.870. The standard InChI is InChI=1S/C10H18N2O2/c1-7(13)4-5-11-6-10-12-8(2)9(3)14-10/h7,11,13H,4-6H2,1-3H3. The van der Waals surface area contributed by atoms with Crippen LogP contribution < -0.4 is 5.32 Å². The van der Waals surface area contributed by atoms with Gasteiger partial charge in [-0.15, -0.1) is 0 Å². The van der Waals surface area contributed by atoms with Gasteiger partial charge in [0, 0.05) is 0 Å². The Kier molecular flexibility index (Phi) is 4.10. The van der Waals surface area contributed by atoms with Crippen LogP contribution in [-0.4, -0.2) is 22.7 Å². The van der Waals surface area contributed by atoms with Crippen molar-refractivity contribution in [2.75, 3.05) is 6.54 Å². The molecular formula is C10H18N2O2. The maximum absolute atomic E-state index is 9.02. The number of aryl methyl sites for hydroxylation is 2. The quantitative estimate of drug-likeness (QED) is 0.697. The van der Waals surface area contributed by atoms with E-state index in [1.165, 1.54) is 0 Å². The van der Waals surface area contributed by atoms with Crippen LogP contribution in [-0.2, 0) is 6.54 Å². The summed E-state index contributed by atoms with van der Waals surface area (Å²) >= 11 is 0. The number of hydrogen-bond donors (Lipinski definition) is 2. The first kappa shape index (κ1) is 11.2. The van der Waals surface area contributed by atoms with Crippen molar-refractivity contribution in [3.63, 3.8) is 0 Å². The normalized spacial score (nSPS) is 13.1. The Bertz CT molecular complexity index is 262. The van der Waals surface area contributed by atoms with Crippen molar-refractivity contribution in [2.24, 2.45) is 0 Å². The number of aromatic nitrogens is 1. The van der Waals surface area contributed by atoms with Crippen LogP contribution in [0.15, 0.2) is 4.42 Å². The molecule has 1 heterocycles. The van der Waals surface area contributed by atoms with Crippen LogP contribution in [0, 0.1) is 13.8 Å². The summed E-state index contributed by atoms with van der Waals surface area (Å²) in [5, 5.41) is 12.2. The smallest absolute Gasteiger partial charge is 0.208 e. The fourth-order valence-corrected chi connectivity index (χ4v) is 1.12. The molecule has 0 bridgehead atoms. The van der Waals surface area contributed by atoms with Gasteiger partial charge in [-0.05, 0) is 33.7 Å². The highest BCUT2D eigenvalue weighted by atomic mass is 16.4. The summed E-state index contributed by atoms with van der Waals surface area (Å²) in [4.78, 5) is 4.24. The molecule has 0 saturated carbocycles. The zero-order chi connectivity index (χ0) is 10.6. The summed E-state index contributed by atoms with van der Waals surface area (Å²) in [6.07, 6.45) is 0.495. The van der Waals surface area contributed by atoms with Gasteiger partial charge in [0.05, 0.1) is 18.3 Å². The number of hydrogen-bond acceptors (Lipinski definition) is 4. The van der Waals surface area contributed by atoms with Crippen molar-refractivity contribution in [3.05, 3.63) is 17.3 Å². The number of nitrogens with one attached hydrogen (secondary N) is 1. The van der Waals surface area contributed by atoms with Crippen LogP contribution in [0.3, 0.4) is 0 Å². The molecule has 0 fully saturated rings. The molecule has 80 valence electrons. The van der Waals surface area contributed by atoms with Crippen molar-refractivity contribution >= 4 is 0 Å². The second kappa shape index (κ2) is 5.12. The molecule has 4 nitrogen and oxygen atoms in total. The van der Waals surface area contributed by atoms with Crippen molar-refractivity contribution < 1.29 is 9.52 Å². The van der Waals surface area contributed by atoms with Crippen LogP contribution >= 0.6 is 0 Å². The Morgan fingerprint density at radius 3 is 2.71 bits per heavy atom. The predicted molar refractivity (Wildman–Crippen MR) is 54.0 cm³/mol. The van der Waals surface area contributed by atoms with Gasteiger partial charge in [-0.25, -0.2) is 4.98 Å². The third kappa shape index (κ3) is 3.47. The highest BCUT2D eigenvalue weighted by Crippen LogP contribution is 2.07. The van der Waals surface area contributed by atoms with Gasteiger partial charge >= 0.3 is 0 Å². The van der Waals surface area contributed by atoms with Crippen molar-refractivity contribution in [1.29, 1.82) is 0 Å². The number of oxazole rings is 1. The van der Waals surface area contributed by atoms with E-state index in [9.17, 15) is 0 Å². The Balaban J connectivity index is 2.25. The van der Waals surface area contributed by atoms with Gasteiger partial charge in [-0.2, -0.15) is 0 Å². The average Bonchev–Trinajstić information content (AvgIpc) is 2.40. The molecule has 0 radical (unpaired) electrons. The molecular weight excluding hydrogens is 180 g/mol. The third-order valence-electron chi connectivity index (χ3n) is 2.09. The largest absolute Gasteiger partial charge is 0.444 e. The van der Waals surface area contributed by atoms with E-state index in [2.05, 4.69) is 10.3 Å².